The van der Waals surface area contributed by atoms with Crippen molar-refractivity contribution < 1.29 is 15.0 Å². The summed E-state index contributed by atoms with van der Waals surface area (Å²) in [7, 11) is 0. The second-order valence-corrected chi connectivity index (χ2v) is 4.41. The van der Waals surface area contributed by atoms with Gasteiger partial charge in [0.2, 0.25) is 5.91 Å². The number of hydrogen-bond acceptors (Lipinski definition) is 4. The molecule has 1 amide bonds. The van der Waals surface area contributed by atoms with Crippen LogP contribution in [0.5, 0.6) is 0 Å². The first-order valence-corrected chi connectivity index (χ1v) is 6.09. The molecule has 1 atom stereocenters. The zero-order valence-electron chi connectivity index (χ0n) is 10.1. The summed E-state index contributed by atoms with van der Waals surface area (Å²) in [5.41, 5.74) is 2.14. The van der Waals surface area contributed by atoms with E-state index in [0.717, 1.165) is 18.5 Å². The van der Waals surface area contributed by atoms with Crippen molar-refractivity contribution in [1.82, 2.24) is 10.6 Å². The Kier molecular flexibility index (Phi) is 4.30. The fourth-order valence-electron chi connectivity index (χ4n) is 2.17. The summed E-state index contributed by atoms with van der Waals surface area (Å²) in [6.07, 6.45) is 0.906. The first kappa shape index (κ1) is 13.0. The van der Waals surface area contributed by atoms with Gasteiger partial charge in [0.05, 0.1) is 19.3 Å². The first-order chi connectivity index (χ1) is 8.76. The predicted molar refractivity (Wildman–Crippen MR) is 67.0 cm³/mol. The summed E-state index contributed by atoms with van der Waals surface area (Å²) in [4.78, 5) is 12.1. The molecule has 4 N–H and O–H groups in total. The lowest BCUT2D eigenvalue weighted by atomic mass is 9.94. The van der Waals surface area contributed by atoms with E-state index in [2.05, 4.69) is 10.6 Å². The van der Waals surface area contributed by atoms with Gasteiger partial charge in [-0.15, -0.1) is 0 Å². The van der Waals surface area contributed by atoms with Crippen LogP contribution in [0.15, 0.2) is 24.3 Å². The van der Waals surface area contributed by atoms with Crippen molar-refractivity contribution in [2.45, 2.75) is 18.5 Å². The number of carbonyl (C=O) groups excluding carboxylic acids is 1. The Bertz CT molecular complexity index is 418. The number of hydrogen-bond donors (Lipinski definition) is 4. The number of fused-ring (bicyclic) bond motifs is 1. The number of nitrogens with one attached hydrogen (secondary N) is 2. The van der Waals surface area contributed by atoms with E-state index in [-0.39, 0.29) is 19.1 Å². The Labute approximate surface area is 106 Å². The van der Waals surface area contributed by atoms with Gasteiger partial charge in [-0.25, -0.2) is 0 Å². The summed E-state index contributed by atoms with van der Waals surface area (Å²) in [5.74, 6) is -0.213. The number of rotatable bonds is 4. The van der Waals surface area contributed by atoms with Gasteiger partial charge < -0.3 is 20.8 Å². The quantitative estimate of drug-likeness (QED) is 0.572. The number of amides is 1. The standard InChI is InChI=1S/C13H18N2O3/c16-7-10(8-17)15-13(18)12-11-4-2-1-3-9(11)5-6-14-12/h1-4,10,12,14,16-17H,5-8H2,(H,15,18). The highest BCUT2D eigenvalue weighted by Crippen LogP contribution is 2.22. The molecule has 2 rings (SSSR count). The molecule has 0 saturated carbocycles. The Morgan fingerprint density at radius 1 is 1.39 bits per heavy atom. The molecule has 1 heterocycles. The Balaban J connectivity index is 2.12. The molecule has 0 radical (unpaired) electrons. The number of benzene rings is 1. The van der Waals surface area contributed by atoms with Crippen molar-refractivity contribution in [3.05, 3.63) is 35.4 Å². The summed E-state index contributed by atoms with van der Waals surface area (Å²) in [5, 5.41) is 23.7. The summed E-state index contributed by atoms with van der Waals surface area (Å²) >= 11 is 0. The molecule has 0 spiro atoms. The molecular formula is C13H18N2O3. The fraction of sp³-hybridized carbons (Fsp3) is 0.462. The Morgan fingerprint density at radius 2 is 2.11 bits per heavy atom. The SMILES string of the molecule is O=C(NC(CO)CO)C1NCCc2ccccc21. The summed E-state index contributed by atoms with van der Waals surface area (Å²) in [6, 6.07) is 6.80. The molecule has 1 aromatic carbocycles. The maximum Gasteiger partial charge on any atom is 0.242 e. The average Bonchev–Trinajstić information content (AvgIpc) is 2.43. The molecule has 0 aliphatic carbocycles. The van der Waals surface area contributed by atoms with Crippen molar-refractivity contribution in [2.75, 3.05) is 19.8 Å². The van der Waals surface area contributed by atoms with Crippen LogP contribution in [0.25, 0.3) is 0 Å². The largest absolute Gasteiger partial charge is 0.394 e. The predicted octanol–water partition coefficient (Wildman–Crippen LogP) is -0.657. The minimum Gasteiger partial charge on any atom is -0.394 e. The molecule has 5 nitrogen and oxygen atoms in total. The normalized spacial score (nSPS) is 18.5. The van der Waals surface area contributed by atoms with Crippen LogP contribution in [0.4, 0.5) is 0 Å². The lowest BCUT2D eigenvalue weighted by molar-refractivity contribution is -0.124. The zero-order valence-corrected chi connectivity index (χ0v) is 10.1. The van der Waals surface area contributed by atoms with Crippen LogP contribution in [0.3, 0.4) is 0 Å². The third-order valence-electron chi connectivity index (χ3n) is 3.16. The van der Waals surface area contributed by atoms with Gasteiger partial charge in [0, 0.05) is 6.54 Å². The molecule has 1 unspecified atom stereocenters. The second kappa shape index (κ2) is 5.95. The van der Waals surface area contributed by atoms with E-state index in [4.69, 9.17) is 10.2 Å². The first-order valence-electron chi connectivity index (χ1n) is 6.09. The van der Waals surface area contributed by atoms with Crippen LogP contribution in [-0.2, 0) is 11.2 Å². The highest BCUT2D eigenvalue weighted by atomic mass is 16.3. The number of aliphatic hydroxyl groups is 2. The zero-order chi connectivity index (χ0) is 13.0. The topological polar surface area (TPSA) is 81.6 Å². The van der Waals surface area contributed by atoms with Gasteiger partial charge >= 0.3 is 0 Å². The van der Waals surface area contributed by atoms with Gasteiger partial charge in [-0.1, -0.05) is 24.3 Å². The lowest BCUT2D eigenvalue weighted by Gasteiger charge is -2.27. The van der Waals surface area contributed by atoms with Crippen molar-refractivity contribution in [3.63, 3.8) is 0 Å². The smallest absolute Gasteiger partial charge is 0.242 e. The molecule has 0 saturated heterocycles. The fourth-order valence-corrected chi connectivity index (χ4v) is 2.17. The molecule has 0 fully saturated rings. The highest BCUT2D eigenvalue weighted by molar-refractivity contribution is 5.84. The van der Waals surface area contributed by atoms with Gasteiger partial charge in [-0.3, -0.25) is 4.79 Å². The van der Waals surface area contributed by atoms with Crippen LogP contribution in [0, 0.1) is 0 Å². The lowest BCUT2D eigenvalue weighted by Crippen LogP contribution is -2.47. The molecule has 1 aliphatic heterocycles. The molecule has 0 bridgehead atoms. The van der Waals surface area contributed by atoms with Gasteiger partial charge in [-0.05, 0) is 17.5 Å². The Hall–Kier alpha value is -1.43. The van der Waals surface area contributed by atoms with E-state index >= 15 is 0 Å². The molecule has 0 aromatic heterocycles. The summed E-state index contributed by atoms with van der Waals surface area (Å²) in [6.45, 7) is 0.214. The third kappa shape index (κ3) is 2.69. The van der Waals surface area contributed by atoms with Crippen LogP contribution in [0.1, 0.15) is 17.2 Å². The molecular weight excluding hydrogens is 232 g/mol. The van der Waals surface area contributed by atoms with Gasteiger partial charge in [-0.2, -0.15) is 0 Å². The van der Waals surface area contributed by atoms with Crippen LogP contribution < -0.4 is 10.6 Å². The molecule has 1 aromatic rings. The summed E-state index contributed by atoms with van der Waals surface area (Å²) < 4.78 is 0. The molecule has 98 valence electrons. The average molecular weight is 250 g/mol. The maximum absolute atomic E-state index is 12.1. The monoisotopic (exact) mass is 250 g/mol. The molecule has 1 aliphatic rings. The van der Waals surface area contributed by atoms with Crippen molar-refractivity contribution in [2.24, 2.45) is 0 Å². The number of carbonyl (C=O) groups is 1. The van der Waals surface area contributed by atoms with Crippen molar-refractivity contribution in [3.8, 4) is 0 Å². The Morgan fingerprint density at radius 3 is 2.83 bits per heavy atom. The van der Waals surface area contributed by atoms with Crippen LogP contribution in [-0.4, -0.2) is 41.9 Å². The third-order valence-corrected chi connectivity index (χ3v) is 3.16. The van der Waals surface area contributed by atoms with Gasteiger partial charge in [0.25, 0.3) is 0 Å². The van der Waals surface area contributed by atoms with Crippen LogP contribution >= 0.6 is 0 Å². The maximum atomic E-state index is 12.1. The minimum absolute atomic E-state index is 0.213. The van der Waals surface area contributed by atoms with E-state index in [9.17, 15) is 4.79 Å². The van der Waals surface area contributed by atoms with Gasteiger partial charge in [0.15, 0.2) is 0 Å². The highest BCUT2D eigenvalue weighted by Gasteiger charge is 2.26. The minimum atomic E-state index is -0.603. The second-order valence-electron chi connectivity index (χ2n) is 4.41. The van der Waals surface area contributed by atoms with Crippen molar-refractivity contribution >= 4 is 5.91 Å². The van der Waals surface area contributed by atoms with Crippen LogP contribution in [0.2, 0.25) is 0 Å². The van der Waals surface area contributed by atoms with E-state index in [1.54, 1.807) is 0 Å². The van der Waals surface area contributed by atoms with E-state index in [1.165, 1.54) is 5.56 Å². The molecule has 18 heavy (non-hydrogen) atoms. The molecule has 5 heteroatoms. The van der Waals surface area contributed by atoms with E-state index < -0.39 is 12.1 Å². The number of aliphatic hydroxyl groups excluding tert-OH is 2. The van der Waals surface area contributed by atoms with E-state index in [0.29, 0.717) is 0 Å². The van der Waals surface area contributed by atoms with Crippen molar-refractivity contribution in [1.29, 1.82) is 0 Å². The van der Waals surface area contributed by atoms with E-state index in [1.807, 2.05) is 24.3 Å². The van der Waals surface area contributed by atoms with Gasteiger partial charge in [0.1, 0.15) is 6.04 Å².